The van der Waals surface area contributed by atoms with Crippen LogP contribution in [0.4, 0.5) is 8.78 Å². The Balaban J connectivity index is 3.36. The van der Waals surface area contributed by atoms with Crippen LogP contribution in [-0.2, 0) is 11.3 Å². The first-order chi connectivity index (χ1) is 8.53. The van der Waals surface area contributed by atoms with E-state index < -0.39 is 24.9 Å². The summed E-state index contributed by atoms with van der Waals surface area (Å²) in [7, 11) is 1.07. The molecule has 18 heavy (non-hydrogen) atoms. The molecule has 0 saturated heterocycles. The zero-order chi connectivity index (χ0) is 13.7. The maximum atomic E-state index is 12.2. The molecule has 0 aliphatic heterocycles. The largest absolute Gasteiger partial charge is 0.465 e. The van der Waals surface area contributed by atoms with Gasteiger partial charge >= 0.3 is 12.6 Å². The molecule has 0 unspecified atom stereocenters. The van der Waals surface area contributed by atoms with Crippen molar-refractivity contribution in [1.82, 2.24) is 0 Å². The van der Waals surface area contributed by atoms with Gasteiger partial charge in [0.2, 0.25) is 0 Å². The third-order valence-electron chi connectivity index (χ3n) is 2.12. The van der Waals surface area contributed by atoms with Crippen LogP contribution in [0.2, 0.25) is 0 Å². The van der Waals surface area contributed by atoms with E-state index in [0.29, 0.717) is 0 Å². The van der Waals surface area contributed by atoms with Crippen molar-refractivity contribution in [3.8, 4) is 11.8 Å². The summed E-state index contributed by atoms with van der Waals surface area (Å²) in [5.41, 5.74) is -0.207. The Morgan fingerprint density at radius 3 is 2.67 bits per heavy atom. The van der Waals surface area contributed by atoms with E-state index in [0.717, 1.165) is 19.2 Å². The van der Waals surface area contributed by atoms with Gasteiger partial charge in [0.15, 0.2) is 0 Å². The summed E-state index contributed by atoms with van der Waals surface area (Å²) in [5, 5.41) is 17.8. The van der Waals surface area contributed by atoms with E-state index in [-0.39, 0.29) is 16.7 Å². The number of ether oxygens (including phenoxy) is 2. The number of rotatable bonds is 4. The molecule has 0 radical (unpaired) electrons. The normalized spacial score (nSPS) is 10.0. The summed E-state index contributed by atoms with van der Waals surface area (Å²) in [5.74, 6) is -1.37. The second kappa shape index (κ2) is 5.93. The van der Waals surface area contributed by atoms with Crippen molar-refractivity contribution in [3.63, 3.8) is 0 Å². The molecule has 1 rings (SSSR count). The minimum absolute atomic E-state index is 0.0548. The number of alkyl halides is 2. The molecule has 0 aromatic heterocycles. The Morgan fingerprint density at radius 2 is 2.22 bits per heavy atom. The molecule has 0 spiro atoms. The number of nitriles is 1. The summed E-state index contributed by atoms with van der Waals surface area (Å²) < 4.78 is 32.9. The molecule has 0 heterocycles. The summed E-state index contributed by atoms with van der Waals surface area (Å²) in [6, 6.07) is 3.75. The second-order valence-electron chi connectivity index (χ2n) is 3.15. The molecule has 96 valence electrons. The summed E-state index contributed by atoms with van der Waals surface area (Å²) in [6.07, 6.45) is 0. The number of halogens is 2. The number of benzene rings is 1. The lowest BCUT2D eigenvalue weighted by molar-refractivity contribution is -0.0504. The van der Waals surface area contributed by atoms with Crippen LogP contribution in [-0.4, -0.2) is 24.8 Å². The lowest BCUT2D eigenvalue weighted by Crippen LogP contribution is -2.10. The highest BCUT2D eigenvalue weighted by Gasteiger charge is 2.19. The van der Waals surface area contributed by atoms with Gasteiger partial charge in [-0.15, -0.1) is 0 Å². The molecule has 5 nitrogen and oxygen atoms in total. The molecule has 1 N–H and O–H groups in total. The average molecular weight is 257 g/mol. The van der Waals surface area contributed by atoms with E-state index in [1.807, 2.05) is 0 Å². The number of aliphatic hydroxyl groups excluding tert-OH is 1. The highest BCUT2D eigenvalue weighted by Crippen LogP contribution is 2.26. The zero-order valence-corrected chi connectivity index (χ0v) is 9.31. The fourth-order valence-electron chi connectivity index (χ4n) is 1.32. The predicted octanol–water partition coefficient (Wildman–Crippen LogP) is 1.44. The number of esters is 1. The fourth-order valence-corrected chi connectivity index (χ4v) is 1.32. The second-order valence-corrected chi connectivity index (χ2v) is 3.15. The van der Waals surface area contributed by atoms with E-state index >= 15 is 0 Å². The highest BCUT2D eigenvalue weighted by atomic mass is 19.3. The zero-order valence-electron chi connectivity index (χ0n) is 9.31. The standard InChI is InChI=1S/C11H9F2NO4/c1-17-10(16)8-2-7(5-15)6(4-14)3-9(8)18-11(12)13/h2-3,11,15H,5H2,1H3. The molecule has 0 bridgehead atoms. The van der Waals surface area contributed by atoms with E-state index in [9.17, 15) is 13.6 Å². The Labute approximate surface area is 101 Å². The van der Waals surface area contributed by atoms with Crippen LogP contribution in [0.3, 0.4) is 0 Å². The molecule has 0 aliphatic rings. The van der Waals surface area contributed by atoms with Crippen molar-refractivity contribution in [2.24, 2.45) is 0 Å². The minimum Gasteiger partial charge on any atom is -0.465 e. The Kier molecular flexibility index (Phi) is 4.57. The molecule has 0 saturated carbocycles. The topological polar surface area (TPSA) is 79.5 Å². The minimum atomic E-state index is -3.14. The maximum absolute atomic E-state index is 12.2. The lowest BCUT2D eigenvalue weighted by Gasteiger charge is -2.11. The molecule has 7 heteroatoms. The summed E-state index contributed by atoms with van der Waals surface area (Å²) in [4.78, 5) is 11.4. The first-order valence-electron chi connectivity index (χ1n) is 4.74. The van der Waals surface area contributed by atoms with Crippen LogP contribution >= 0.6 is 0 Å². The van der Waals surface area contributed by atoms with Crippen molar-refractivity contribution in [1.29, 1.82) is 5.26 Å². The SMILES string of the molecule is COC(=O)c1cc(CO)c(C#N)cc1OC(F)F. The van der Waals surface area contributed by atoms with E-state index in [1.54, 1.807) is 6.07 Å². The third-order valence-corrected chi connectivity index (χ3v) is 2.12. The summed E-state index contributed by atoms with van der Waals surface area (Å²) >= 11 is 0. The number of hydrogen-bond donors (Lipinski definition) is 1. The number of methoxy groups -OCH3 is 1. The highest BCUT2D eigenvalue weighted by molar-refractivity contribution is 5.93. The third kappa shape index (κ3) is 2.93. The van der Waals surface area contributed by atoms with Gasteiger partial charge < -0.3 is 14.6 Å². The first-order valence-corrected chi connectivity index (χ1v) is 4.74. The molecule has 0 aliphatic carbocycles. The molecular weight excluding hydrogens is 248 g/mol. The Morgan fingerprint density at radius 1 is 1.56 bits per heavy atom. The van der Waals surface area contributed by atoms with E-state index in [2.05, 4.69) is 9.47 Å². The quantitative estimate of drug-likeness (QED) is 0.825. The van der Waals surface area contributed by atoms with Gasteiger partial charge in [0.05, 0.1) is 25.3 Å². The monoisotopic (exact) mass is 257 g/mol. The fraction of sp³-hybridized carbons (Fsp3) is 0.273. The first kappa shape index (κ1) is 13.9. The van der Waals surface area contributed by atoms with Gasteiger partial charge in [-0.1, -0.05) is 0 Å². The van der Waals surface area contributed by atoms with Crippen LogP contribution < -0.4 is 4.74 Å². The van der Waals surface area contributed by atoms with Crippen molar-refractivity contribution in [2.45, 2.75) is 13.2 Å². The maximum Gasteiger partial charge on any atom is 0.387 e. The van der Waals surface area contributed by atoms with Gasteiger partial charge in [-0.05, 0) is 17.7 Å². The number of carbonyl (C=O) groups excluding carboxylic acids is 1. The summed E-state index contributed by atoms with van der Waals surface area (Å²) in [6.45, 7) is -3.65. The number of hydrogen-bond acceptors (Lipinski definition) is 5. The average Bonchev–Trinajstić information content (AvgIpc) is 2.36. The van der Waals surface area contributed by atoms with Crippen molar-refractivity contribution in [3.05, 3.63) is 28.8 Å². The smallest absolute Gasteiger partial charge is 0.387 e. The van der Waals surface area contributed by atoms with Crippen LogP contribution in [0.5, 0.6) is 5.75 Å². The molecule has 1 aromatic carbocycles. The molecular formula is C11H9F2NO4. The number of aliphatic hydroxyl groups is 1. The molecule has 0 fully saturated rings. The number of carbonyl (C=O) groups is 1. The van der Waals surface area contributed by atoms with Gasteiger partial charge in [-0.3, -0.25) is 0 Å². The van der Waals surface area contributed by atoms with Gasteiger partial charge in [-0.25, -0.2) is 4.79 Å². The van der Waals surface area contributed by atoms with Crippen LogP contribution in [0.15, 0.2) is 12.1 Å². The van der Waals surface area contributed by atoms with Crippen LogP contribution in [0, 0.1) is 11.3 Å². The Hall–Kier alpha value is -2.20. The lowest BCUT2D eigenvalue weighted by atomic mass is 10.0. The van der Waals surface area contributed by atoms with Crippen molar-refractivity contribution in [2.75, 3.05) is 7.11 Å². The molecule has 0 atom stereocenters. The van der Waals surface area contributed by atoms with E-state index in [1.165, 1.54) is 0 Å². The van der Waals surface area contributed by atoms with Crippen molar-refractivity contribution < 1.29 is 28.2 Å². The predicted molar refractivity (Wildman–Crippen MR) is 55.1 cm³/mol. The van der Waals surface area contributed by atoms with Gasteiger partial charge in [-0.2, -0.15) is 14.0 Å². The van der Waals surface area contributed by atoms with Gasteiger partial charge in [0.1, 0.15) is 11.3 Å². The van der Waals surface area contributed by atoms with Crippen LogP contribution in [0.1, 0.15) is 21.5 Å². The van der Waals surface area contributed by atoms with E-state index in [4.69, 9.17) is 10.4 Å². The van der Waals surface area contributed by atoms with Crippen LogP contribution in [0.25, 0.3) is 0 Å². The molecule has 1 aromatic rings. The van der Waals surface area contributed by atoms with Crippen molar-refractivity contribution >= 4 is 5.97 Å². The molecule has 0 amide bonds. The Bertz CT molecular complexity index is 497. The number of nitrogens with zero attached hydrogens (tertiary/aromatic N) is 1. The van der Waals surface area contributed by atoms with Gasteiger partial charge in [0.25, 0.3) is 0 Å². The van der Waals surface area contributed by atoms with Gasteiger partial charge in [0, 0.05) is 0 Å².